The van der Waals surface area contributed by atoms with Crippen molar-refractivity contribution in [2.24, 2.45) is 0 Å². The third-order valence-corrected chi connectivity index (χ3v) is 10.7. The molecule has 1 aromatic heterocycles. The number of nitrogens with zero attached hydrogens (tertiary/aromatic N) is 2. The Hall–Kier alpha value is -6.77. The Kier molecular flexibility index (Phi) is 5.99. The van der Waals surface area contributed by atoms with Crippen molar-refractivity contribution in [2.75, 3.05) is 0 Å². The number of rotatable bonds is 4. The van der Waals surface area contributed by atoms with Crippen molar-refractivity contribution in [1.82, 2.24) is 9.55 Å². The van der Waals surface area contributed by atoms with Gasteiger partial charge in [-0.15, -0.1) is 0 Å². The summed E-state index contributed by atoms with van der Waals surface area (Å²) in [4.78, 5) is 5.12. The Labute approximate surface area is 294 Å². The Balaban J connectivity index is 1.12. The number of benzene rings is 10. The lowest BCUT2D eigenvalue weighted by Gasteiger charge is -2.19. The van der Waals surface area contributed by atoms with E-state index in [0.29, 0.717) is 0 Å². The number of hydrogen-bond acceptors (Lipinski definition) is 1. The molecule has 10 aromatic carbocycles. The molecule has 2 nitrogen and oxygen atoms in total. The summed E-state index contributed by atoms with van der Waals surface area (Å²) < 4.78 is 2.26. The zero-order valence-corrected chi connectivity index (χ0v) is 27.7. The van der Waals surface area contributed by atoms with Gasteiger partial charge in [-0.2, -0.15) is 0 Å². The zero-order valence-electron chi connectivity index (χ0n) is 27.7. The first kappa shape index (κ1) is 28.1. The monoisotopic (exact) mass is 646 g/mol. The molecule has 236 valence electrons. The van der Waals surface area contributed by atoms with E-state index in [9.17, 15) is 0 Å². The second kappa shape index (κ2) is 10.9. The van der Waals surface area contributed by atoms with Gasteiger partial charge in [0.15, 0.2) is 0 Å². The fourth-order valence-electron chi connectivity index (χ4n) is 8.49. The highest BCUT2D eigenvalue weighted by Crippen LogP contribution is 2.46. The van der Waals surface area contributed by atoms with Crippen molar-refractivity contribution >= 4 is 64.9 Å². The van der Waals surface area contributed by atoms with Gasteiger partial charge in [0.1, 0.15) is 5.82 Å². The van der Waals surface area contributed by atoms with E-state index in [1.165, 1.54) is 76.1 Å². The maximum atomic E-state index is 5.12. The Morgan fingerprint density at radius 3 is 1.47 bits per heavy atom. The average molecular weight is 647 g/mol. The van der Waals surface area contributed by atoms with Crippen molar-refractivity contribution in [3.63, 3.8) is 0 Å². The highest BCUT2D eigenvalue weighted by Gasteiger charge is 2.19. The standard InChI is InChI=1S/C49H30N2/c1-2-13-38(14-3-1)51-44-20-9-8-19-43(44)50-49(51)34-25-21-33(22-26-34)47-39-15-4-6-17-41(39)48(42-18-7-5-16-40(42)47)37-29-35-27-23-31-11-10-12-32-24-28-36(30-37)46(35)45(31)32/h1-30H. The summed E-state index contributed by atoms with van der Waals surface area (Å²) >= 11 is 0. The first-order chi connectivity index (χ1) is 25.3. The van der Waals surface area contributed by atoms with Crippen LogP contribution in [0.25, 0.3) is 104 Å². The predicted molar refractivity (Wildman–Crippen MR) is 216 cm³/mol. The van der Waals surface area contributed by atoms with Crippen LogP contribution in [-0.4, -0.2) is 9.55 Å². The van der Waals surface area contributed by atoms with Crippen molar-refractivity contribution in [3.8, 4) is 39.3 Å². The van der Waals surface area contributed by atoms with Crippen molar-refractivity contribution in [2.45, 2.75) is 0 Å². The number of aromatic nitrogens is 2. The predicted octanol–water partition coefficient (Wildman–Crippen LogP) is 13.2. The van der Waals surface area contributed by atoms with E-state index in [0.717, 1.165) is 28.1 Å². The third kappa shape index (κ3) is 4.20. The minimum atomic E-state index is 0.938. The third-order valence-electron chi connectivity index (χ3n) is 10.7. The van der Waals surface area contributed by atoms with Crippen LogP contribution in [-0.2, 0) is 0 Å². The van der Waals surface area contributed by atoms with Crippen LogP contribution in [0.5, 0.6) is 0 Å². The Morgan fingerprint density at radius 1 is 0.353 bits per heavy atom. The van der Waals surface area contributed by atoms with Crippen molar-refractivity contribution in [1.29, 1.82) is 0 Å². The quantitative estimate of drug-likeness (QED) is 0.137. The van der Waals surface area contributed by atoms with Crippen LogP contribution in [0.3, 0.4) is 0 Å². The van der Waals surface area contributed by atoms with Gasteiger partial charge in [-0.25, -0.2) is 4.98 Å². The maximum Gasteiger partial charge on any atom is 0.145 e. The summed E-state index contributed by atoms with van der Waals surface area (Å²) in [5, 5.41) is 12.9. The van der Waals surface area contributed by atoms with E-state index >= 15 is 0 Å². The van der Waals surface area contributed by atoms with Crippen LogP contribution in [0.15, 0.2) is 182 Å². The fourth-order valence-corrected chi connectivity index (χ4v) is 8.49. The first-order valence-electron chi connectivity index (χ1n) is 17.6. The molecule has 0 N–H and O–H groups in total. The minimum absolute atomic E-state index is 0.938. The molecular weight excluding hydrogens is 617 g/mol. The molecule has 0 fully saturated rings. The fraction of sp³-hybridized carbons (Fsp3) is 0. The summed E-state index contributed by atoms with van der Waals surface area (Å²) in [6.45, 7) is 0. The second-order valence-electron chi connectivity index (χ2n) is 13.5. The summed E-state index contributed by atoms with van der Waals surface area (Å²) in [6.07, 6.45) is 0. The number of imidazole rings is 1. The maximum absolute atomic E-state index is 5.12. The van der Waals surface area contributed by atoms with Crippen LogP contribution >= 0.6 is 0 Å². The molecule has 51 heavy (non-hydrogen) atoms. The molecule has 1 heterocycles. The topological polar surface area (TPSA) is 17.8 Å². The molecule has 0 aliphatic carbocycles. The Morgan fingerprint density at radius 2 is 0.843 bits per heavy atom. The van der Waals surface area contributed by atoms with Crippen LogP contribution in [0, 0.1) is 0 Å². The molecule has 0 saturated carbocycles. The molecule has 0 amide bonds. The van der Waals surface area contributed by atoms with Gasteiger partial charge >= 0.3 is 0 Å². The minimum Gasteiger partial charge on any atom is -0.292 e. The van der Waals surface area contributed by atoms with Gasteiger partial charge in [-0.1, -0.05) is 146 Å². The van der Waals surface area contributed by atoms with Gasteiger partial charge in [-0.3, -0.25) is 4.57 Å². The number of fused-ring (bicyclic) bond motifs is 3. The molecular formula is C49H30N2. The number of para-hydroxylation sites is 3. The van der Waals surface area contributed by atoms with Gasteiger partial charge in [0, 0.05) is 11.3 Å². The molecule has 2 heteroatoms. The van der Waals surface area contributed by atoms with Crippen molar-refractivity contribution in [3.05, 3.63) is 182 Å². The van der Waals surface area contributed by atoms with Gasteiger partial charge in [0.2, 0.25) is 0 Å². The molecule has 0 saturated heterocycles. The smallest absolute Gasteiger partial charge is 0.145 e. The lowest BCUT2D eigenvalue weighted by molar-refractivity contribution is 1.10. The van der Waals surface area contributed by atoms with E-state index in [4.69, 9.17) is 4.98 Å². The number of hydrogen-bond donors (Lipinski definition) is 0. The van der Waals surface area contributed by atoms with Crippen LogP contribution in [0.2, 0.25) is 0 Å². The van der Waals surface area contributed by atoms with E-state index < -0.39 is 0 Å². The molecule has 0 atom stereocenters. The van der Waals surface area contributed by atoms with E-state index in [-0.39, 0.29) is 0 Å². The first-order valence-corrected chi connectivity index (χ1v) is 17.6. The lowest BCUT2D eigenvalue weighted by Crippen LogP contribution is -1.97. The van der Waals surface area contributed by atoms with Gasteiger partial charge in [0.05, 0.1) is 11.0 Å². The summed E-state index contributed by atoms with van der Waals surface area (Å²) in [7, 11) is 0. The van der Waals surface area contributed by atoms with Crippen LogP contribution in [0.4, 0.5) is 0 Å². The van der Waals surface area contributed by atoms with Gasteiger partial charge < -0.3 is 0 Å². The SMILES string of the molecule is c1ccc(-n2c(-c3ccc(-c4c5ccccc5c(-c5cc6ccc7cccc8ccc(c5)c6c78)c5ccccc45)cc3)nc3ccccc32)cc1. The van der Waals surface area contributed by atoms with E-state index in [1.807, 2.05) is 0 Å². The van der Waals surface area contributed by atoms with Gasteiger partial charge in [-0.05, 0) is 113 Å². The molecule has 0 unspecified atom stereocenters. The molecule has 0 bridgehead atoms. The molecule has 0 aliphatic rings. The van der Waals surface area contributed by atoms with Crippen molar-refractivity contribution < 1.29 is 0 Å². The lowest BCUT2D eigenvalue weighted by atomic mass is 9.84. The summed E-state index contributed by atoms with van der Waals surface area (Å²) in [5.74, 6) is 0.938. The normalized spacial score (nSPS) is 11.9. The zero-order chi connectivity index (χ0) is 33.5. The second-order valence-corrected chi connectivity index (χ2v) is 13.5. The van der Waals surface area contributed by atoms with E-state index in [1.54, 1.807) is 0 Å². The Bertz CT molecular complexity index is 2990. The highest BCUT2D eigenvalue weighted by molar-refractivity contribution is 6.26. The molecule has 11 rings (SSSR count). The molecule has 0 aliphatic heterocycles. The molecule has 11 aromatic rings. The average Bonchev–Trinajstić information content (AvgIpc) is 3.59. The summed E-state index contributed by atoms with van der Waals surface area (Å²) in [5.41, 5.74) is 9.24. The van der Waals surface area contributed by atoms with Crippen LogP contribution in [0.1, 0.15) is 0 Å². The van der Waals surface area contributed by atoms with E-state index in [2.05, 4.69) is 187 Å². The largest absolute Gasteiger partial charge is 0.292 e. The molecule has 0 radical (unpaired) electrons. The highest BCUT2D eigenvalue weighted by atomic mass is 15.1. The van der Waals surface area contributed by atoms with Crippen LogP contribution < -0.4 is 0 Å². The molecule has 0 spiro atoms. The van der Waals surface area contributed by atoms with Gasteiger partial charge in [0.25, 0.3) is 0 Å². The summed E-state index contributed by atoms with van der Waals surface area (Å²) in [6, 6.07) is 66.2.